The zero-order chi connectivity index (χ0) is 38.8. The summed E-state index contributed by atoms with van der Waals surface area (Å²) in [5.74, 6) is 1.82. The first kappa shape index (κ1) is 38.8. The number of ether oxygens (including phenoxy) is 1. The molecule has 0 radical (unpaired) electrons. The van der Waals surface area contributed by atoms with Gasteiger partial charge >= 0.3 is 5.97 Å². The van der Waals surface area contributed by atoms with E-state index in [1.165, 1.54) is 44.6 Å². The molecule has 2 amide bonds. The molecular weight excluding hydrogens is 679 g/mol. The molecule has 4 unspecified atom stereocenters. The molecule has 294 valence electrons. The van der Waals surface area contributed by atoms with Crippen LogP contribution in [0.15, 0.2) is 47.1 Å². The Kier molecular flexibility index (Phi) is 10.0. The van der Waals surface area contributed by atoms with E-state index >= 15 is 0 Å². The van der Waals surface area contributed by atoms with Gasteiger partial charge in [0.05, 0.1) is 25.2 Å². The number of aliphatic hydroxyl groups excluding tert-OH is 1. The number of carbonyl (C=O) groups excluding carboxylic acids is 3. The number of hydrogen-bond acceptors (Lipinski definition) is 7. The second-order valence-electron chi connectivity index (χ2n) is 19.2. The summed E-state index contributed by atoms with van der Waals surface area (Å²) < 4.78 is 9.95. The summed E-state index contributed by atoms with van der Waals surface area (Å²) in [5, 5.41) is 17.3. The van der Waals surface area contributed by atoms with Gasteiger partial charge in [-0.25, -0.2) is 9.78 Å². The normalized spacial score (nSPS) is 37.9. The number of nitrogens with zero attached hydrogens (tertiary/aromatic N) is 1. The third-order valence-electron chi connectivity index (χ3n) is 16.7. The number of benzene rings is 1. The van der Waals surface area contributed by atoms with E-state index in [0.29, 0.717) is 48.1 Å². The van der Waals surface area contributed by atoms with Crippen LogP contribution in [-0.2, 0) is 22.5 Å². The average molecular weight is 742 g/mol. The van der Waals surface area contributed by atoms with Crippen molar-refractivity contribution in [2.75, 3.05) is 13.7 Å². The van der Waals surface area contributed by atoms with Crippen LogP contribution in [-0.4, -0.2) is 47.6 Å². The molecule has 1 aromatic carbocycles. The van der Waals surface area contributed by atoms with Crippen LogP contribution in [0.3, 0.4) is 0 Å². The van der Waals surface area contributed by atoms with Crippen LogP contribution < -0.4 is 10.6 Å². The monoisotopic (exact) mass is 741 g/mol. The molecule has 0 aliphatic heterocycles. The minimum absolute atomic E-state index is 0.0343. The summed E-state index contributed by atoms with van der Waals surface area (Å²) >= 11 is 0. The smallest absolute Gasteiger partial charge is 0.360 e. The third-order valence-corrected chi connectivity index (χ3v) is 16.7. The van der Waals surface area contributed by atoms with Gasteiger partial charge in [-0.3, -0.25) is 9.59 Å². The Morgan fingerprint density at radius 3 is 2.46 bits per heavy atom. The van der Waals surface area contributed by atoms with Gasteiger partial charge in [0.25, 0.3) is 5.91 Å². The number of oxazole rings is 1. The van der Waals surface area contributed by atoms with Gasteiger partial charge in [-0.1, -0.05) is 58.9 Å². The number of allylic oxidation sites excluding steroid dienone is 1. The highest BCUT2D eigenvalue weighted by Crippen LogP contribution is 2.77. The van der Waals surface area contributed by atoms with Crippen LogP contribution >= 0.6 is 0 Å². The van der Waals surface area contributed by atoms with Crippen molar-refractivity contribution in [1.29, 1.82) is 0 Å². The van der Waals surface area contributed by atoms with Gasteiger partial charge in [0.1, 0.15) is 6.26 Å². The maximum Gasteiger partial charge on any atom is 0.360 e. The highest BCUT2D eigenvalue weighted by molar-refractivity contribution is 5.94. The quantitative estimate of drug-likeness (QED) is 0.175. The molecule has 5 fully saturated rings. The number of amides is 2. The molecule has 0 saturated heterocycles. The molecule has 9 heteroatoms. The Balaban J connectivity index is 1.04. The topological polar surface area (TPSA) is 131 Å². The largest absolute Gasteiger partial charge is 0.464 e. The fourth-order valence-corrected chi connectivity index (χ4v) is 13.7. The number of methoxy groups -OCH3 is 1. The lowest BCUT2D eigenvalue weighted by atomic mass is 9.32. The number of carbonyl (C=O) groups is 3. The first-order chi connectivity index (χ1) is 25.5. The molecule has 2 aromatic rings. The predicted octanol–water partition coefficient (Wildman–Crippen LogP) is 8.07. The van der Waals surface area contributed by atoms with Gasteiger partial charge in [-0.05, 0) is 146 Å². The molecule has 1 aromatic heterocycles. The van der Waals surface area contributed by atoms with Crippen molar-refractivity contribution in [3.05, 3.63) is 65.4 Å². The van der Waals surface area contributed by atoms with Crippen LogP contribution in [0.2, 0.25) is 0 Å². The SMILES string of the molecule is C=C(C)[C@@H]1CC[C@]2(C(=O)NCCc3cccc(C(=O)NCc4nc(C(=O)OC)co4)c3)CC[C@]3(C)C(CCC4[C@@]5(C)CC[C@H](O)C(C)(C)C5CC[C@]43C)C12. The number of fused-ring (bicyclic) bond motifs is 7. The van der Waals surface area contributed by atoms with Crippen LogP contribution in [0.1, 0.15) is 138 Å². The third kappa shape index (κ3) is 5.97. The van der Waals surface area contributed by atoms with Crippen molar-refractivity contribution >= 4 is 17.8 Å². The molecule has 5 aliphatic carbocycles. The summed E-state index contributed by atoms with van der Waals surface area (Å²) in [4.78, 5) is 43.3. The molecular formula is C45H63N3O6. The van der Waals surface area contributed by atoms with E-state index in [2.05, 4.69) is 68.5 Å². The highest BCUT2D eigenvalue weighted by atomic mass is 16.5. The highest BCUT2D eigenvalue weighted by Gasteiger charge is 2.71. The van der Waals surface area contributed by atoms with Gasteiger partial charge in [0.2, 0.25) is 11.8 Å². The number of nitrogens with one attached hydrogen (secondary N) is 2. The summed E-state index contributed by atoms with van der Waals surface area (Å²) in [5.41, 5.74) is 2.88. The Labute approximate surface area is 321 Å². The van der Waals surface area contributed by atoms with Crippen molar-refractivity contribution in [3.63, 3.8) is 0 Å². The Bertz CT molecular complexity index is 1800. The minimum atomic E-state index is -0.601. The zero-order valence-corrected chi connectivity index (χ0v) is 33.7. The Morgan fingerprint density at radius 2 is 1.72 bits per heavy atom. The maximum atomic E-state index is 14.6. The van der Waals surface area contributed by atoms with Gasteiger partial charge in [-0.15, -0.1) is 0 Å². The van der Waals surface area contributed by atoms with E-state index in [0.717, 1.165) is 44.1 Å². The molecule has 9 nitrogen and oxygen atoms in total. The lowest BCUT2D eigenvalue weighted by Gasteiger charge is -2.72. The minimum Gasteiger partial charge on any atom is -0.464 e. The first-order valence-electron chi connectivity index (χ1n) is 20.5. The fraction of sp³-hybridized carbons (Fsp3) is 0.689. The van der Waals surface area contributed by atoms with E-state index in [-0.39, 0.29) is 63.1 Å². The Hall–Kier alpha value is -3.46. The first-order valence-corrected chi connectivity index (χ1v) is 20.5. The number of hydrogen-bond donors (Lipinski definition) is 3. The van der Waals surface area contributed by atoms with E-state index in [9.17, 15) is 19.5 Å². The van der Waals surface area contributed by atoms with Crippen LogP contribution in [0.25, 0.3) is 0 Å². The molecule has 10 atom stereocenters. The zero-order valence-electron chi connectivity index (χ0n) is 33.7. The molecule has 0 bridgehead atoms. The van der Waals surface area contributed by atoms with E-state index < -0.39 is 5.97 Å². The summed E-state index contributed by atoms with van der Waals surface area (Å²) in [6.45, 7) is 19.7. The van der Waals surface area contributed by atoms with Gasteiger partial charge in [0.15, 0.2) is 5.69 Å². The van der Waals surface area contributed by atoms with Crippen molar-refractivity contribution < 1.29 is 28.6 Å². The van der Waals surface area contributed by atoms with E-state index in [1.807, 2.05) is 18.2 Å². The van der Waals surface area contributed by atoms with Gasteiger partial charge < -0.3 is 24.9 Å². The van der Waals surface area contributed by atoms with E-state index in [1.54, 1.807) is 6.07 Å². The van der Waals surface area contributed by atoms with Crippen molar-refractivity contribution in [2.24, 2.45) is 56.7 Å². The van der Waals surface area contributed by atoms with Gasteiger partial charge in [0, 0.05) is 12.1 Å². The number of aliphatic hydroxyl groups is 1. The second kappa shape index (κ2) is 13.9. The number of aromatic nitrogens is 1. The predicted molar refractivity (Wildman–Crippen MR) is 207 cm³/mol. The molecule has 5 saturated carbocycles. The molecule has 7 rings (SSSR count). The van der Waals surface area contributed by atoms with Crippen LogP contribution in [0.5, 0.6) is 0 Å². The number of esters is 1. The molecule has 54 heavy (non-hydrogen) atoms. The lowest BCUT2D eigenvalue weighted by molar-refractivity contribution is -0.246. The second-order valence-corrected chi connectivity index (χ2v) is 19.2. The fourth-order valence-electron chi connectivity index (χ4n) is 13.7. The van der Waals surface area contributed by atoms with Gasteiger partial charge in [-0.2, -0.15) is 0 Å². The maximum absolute atomic E-state index is 14.6. The molecule has 1 heterocycles. The molecule has 0 spiro atoms. The van der Waals surface area contributed by atoms with E-state index in [4.69, 9.17) is 4.42 Å². The average Bonchev–Trinajstić information content (AvgIpc) is 3.79. The van der Waals surface area contributed by atoms with Crippen molar-refractivity contribution in [1.82, 2.24) is 15.6 Å². The van der Waals surface area contributed by atoms with Crippen LogP contribution in [0.4, 0.5) is 0 Å². The number of rotatable bonds is 9. The standard InChI is InChI=1S/C45H63N3O6/c1-27(2)30-14-20-45(40(52)46-23-17-28-10-9-11-29(24-28)38(50)47-25-36-48-32(26-54-36)39(51)53-8)22-21-43(6)31(37(30)45)12-13-34-42(5)18-16-35(49)41(3,4)33(42)15-19-44(34,43)7/h9-11,24,26,30-31,33-35,37,49H,1,12-23,25H2,2-8H3,(H,46,52)(H,47,50)/t30-,31?,33?,34?,35-,37?,42-,43+,44+,45-/m0/s1. The van der Waals surface area contributed by atoms with Crippen molar-refractivity contribution in [2.45, 2.75) is 125 Å². The summed E-state index contributed by atoms with van der Waals surface area (Å²) in [7, 11) is 1.27. The molecule has 3 N–H and O–H groups in total. The lowest BCUT2D eigenvalue weighted by Crippen LogP contribution is -2.67. The Morgan fingerprint density at radius 1 is 0.944 bits per heavy atom. The van der Waals surface area contributed by atoms with Crippen LogP contribution in [0, 0.1) is 56.7 Å². The van der Waals surface area contributed by atoms with Crippen molar-refractivity contribution in [3.8, 4) is 0 Å². The summed E-state index contributed by atoms with van der Waals surface area (Å²) in [6, 6.07) is 7.46. The summed E-state index contributed by atoms with van der Waals surface area (Å²) in [6.07, 6.45) is 12.3. The molecule has 5 aliphatic rings.